The molecular weight excluding hydrogens is 382 g/mol. The maximum absolute atomic E-state index is 13.4. The zero-order chi connectivity index (χ0) is 20.4. The minimum atomic E-state index is 0.108. The summed E-state index contributed by atoms with van der Waals surface area (Å²) in [7, 11) is 0. The van der Waals surface area contributed by atoms with Gasteiger partial charge in [-0.25, -0.2) is 0 Å². The zero-order valence-electron chi connectivity index (χ0n) is 17.1. The van der Waals surface area contributed by atoms with Gasteiger partial charge in [-0.3, -0.25) is 4.79 Å². The number of hydrogen-bond acceptors (Lipinski definition) is 2. The second-order valence-corrected chi connectivity index (χ2v) is 8.56. The van der Waals surface area contributed by atoms with Crippen molar-refractivity contribution >= 4 is 28.4 Å². The smallest absolute Gasteiger partial charge is 0.270 e. The van der Waals surface area contributed by atoms with E-state index in [1.165, 1.54) is 0 Å². The predicted octanol–water partition coefficient (Wildman–Crippen LogP) is 4.95. The molecule has 1 N–H and O–H groups in total. The molecule has 1 saturated heterocycles. The summed E-state index contributed by atoms with van der Waals surface area (Å²) in [6.45, 7) is 6.50. The Bertz CT molecular complexity index is 1000. The molecule has 0 spiro atoms. The molecule has 0 aliphatic carbocycles. The van der Waals surface area contributed by atoms with Gasteiger partial charge in [0.25, 0.3) is 5.91 Å². The van der Waals surface area contributed by atoms with Crippen LogP contribution in [0.1, 0.15) is 42.7 Å². The first-order chi connectivity index (χ1) is 14.0. The van der Waals surface area contributed by atoms with E-state index in [2.05, 4.69) is 35.9 Å². The molecule has 1 fully saturated rings. The number of likely N-dealkylation sites (tertiary alicyclic amines) is 1. The first-order valence-corrected chi connectivity index (χ1v) is 10.8. The summed E-state index contributed by atoms with van der Waals surface area (Å²) in [5.74, 6) is 0.108. The van der Waals surface area contributed by atoms with Crippen LogP contribution in [0.2, 0.25) is 5.02 Å². The highest BCUT2D eigenvalue weighted by Gasteiger charge is 2.26. The minimum absolute atomic E-state index is 0.108. The number of halogens is 1. The summed E-state index contributed by atoms with van der Waals surface area (Å²) in [4.78, 5) is 15.4. The lowest BCUT2D eigenvalue weighted by atomic mass is 10.0. The van der Waals surface area contributed by atoms with Crippen molar-refractivity contribution in [3.63, 3.8) is 0 Å². The van der Waals surface area contributed by atoms with Gasteiger partial charge in [-0.05, 0) is 36.6 Å². The van der Waals surface area contributed by atoms with Crippen LogP contribution < -0.4 is 5.32 Å². The Hall–Kier alpha value is -2.30. The number of hydrogen-bond donors (Lipinski definition) is 1. The maximum atomic E-state index is 13.4. The summed E-state index contributed by atoms with van der Waals surface area (Å²) >= 11 is 6.41. The monoisotopic (exact) mass is 409 g/mol. The Balaban J connectivity index is 1.62. The van der Waals surface area contributed by atoms with Crippen LogP contribution in [0.15, 0.2) is 54.6 Å². The fourth-order valence-electron chi connectivity index (χ4n) is 4.24. The van der Waals surface area contributed by atoms with Gasteiger partial charge in [-0.1, -0.05) is 61.8 Å². The second-order valence-electron chi connectivity index (χ2n) is 8.15. The highest BCUT2D eigenvalue weighted by molar-refractivity contribution is 6.31. The quantitative estimate of drug-likeness (QED) is 0.647. The molecule has 3 aromatic rings. The third-order valence-corrected chi connectivity index (χ3v) is 6.04. The van der Waals surface area contributed by atoms with E-state index in [-0.39, 0.29) is 5.91 Å². The maximum Gasteiger partial charge on any atom is 0.270 e. The Morgan fingerprint density at radius 2 is 1.79 bits per heavy atom. The van der Waals surface area contributed by atoms with Crippen molar-refractivity contribution in [2.75, 3.05) is 13.1 Å². The normalized spacial score (nSPS) is 15.4. The van der Waals surface area contributed by atoms with Crippen molar-refractivity contribution < 1.29 is 4.79 Å². The lowest BCUT2D eigenvalue weighted by Gasteiger charge is -2.33. The number of carbonyl (C=O) groups is 1. The molecule has 1 aliphatic rings. The van der Waals surface area contributed by atoms with Crippen LogP contribution in [-0.2, 0) is 6.54 Å². The molecule has 2 aromatic carbocycles. The summed E-state index contributed by atoms with van der Waals surface area (Å²) in [5, 5.41) is 5.40. The van der Waals surface area contributed by atoms with E-state index in [1.807, 2.05) is 47.4 Å². The van der Waals surface area contributed by atoms with Crippen LogP contribution >= 0.6 is 11.6 Å². The van der Waals surface area contributed by atoms with E-state index in [4.69, 9.17) is 11.6 Å². The largest absolute Gasteiger partial charge is 0.337 e. The summed E-state index contributed by atoms with van der Waals surface area (Å²) < 4.78 is 2.11. The van der Waals surface area contributed by atoms with Crippen LogP contribution in [0.3, 0.4) is 0 Å². The van der Waals surface area contributed by atoms with Crippen LogP contribution in [-0.4, -0.2) is 40.5 Å². The van der Waals surface area contributed by atoms with Crippen molar-refractivity contribution in [1.82, 2.24) is 14.8 Å². The molecule has 152 valence electrons. The number of carbonyl (C=O) groups excluding carboxylic acids is 1. The number of amides is 1. The molecule has 0 atom stereocenters. The van der Waals surface area contributed by atoms with Gasteiger partial charge < -0.3 is 14.8 Å². The molecule has 1 amide bonds. The second kappa shape index (κ2) is 8.60. The number of nitrogens with one attached hydrogen (secondary N) is 1. The summed E-state index contributed by atoms with van der Waals surface area (Å²) in [6, 6.07) is 19.0. The zero-order valence-corrected chi connectivity index (χ0v) is 17.8. The number of aromatic nitrogens is 1. The Morgan fingerprint density at radius 3 is 2.52 bits per heavy atom. The standard InChI is InChI=1S/C24H28ClN3O/c1-17(2)26-20-11-13-27(14-12-20)24(29)23-15-18-7-4-6-10-22(18)28(23)16-19-8-3-5-9-21(19)25/h3-10,15,17,20,26H,11-14,16H2,1-2H3. The van der Waals surface area contributed by atoms with Crippen molar-refractivity contribution in [3.8, 4) is 0 Å². The number of fused-ring (bicyclic) bond motifs is 1. The lowest BCUT2D eigenvalue weighted by Crippen LogP contribution is -2.47. The van der Waals surface area contributed by atoms with Crippen molar-refractivity contribution in [2.24, 2.45) is 0 Å². The fourth-order valence-corrected chi connectivity index (χ4v) is 4.43. The lowest BCUT2D eigenvalue weighted by molar-refractivity contribution is 0.0693. The Labute approximate surface area is 177 Å². The molecule has 0 bridgehead atoms. The number of piperidine rings is 1. The Morgan fingerprint density at radius 1 is 1.10 bits per heavy atom. The van der Waals surface area contributed by atoms with E-state index < -0.39 is 0 Å². The fraction of sp³-hybridized carbons (Fsp3) is 0.375. The molecule has 29 heavy (non-hydrogen) atoms. The number of para-hydroxylation sites is 1. The average Bonchev–Trinajstić information content (AvgIpc) is 3.08. The average molecular weight is 410 g/mol. The van der Waals surface area contributed by atoms with Gasteiger partial charge in [-0.2, -0.15) is 0 Å². The van der Waals surface area contributed by atoms with E-state index in [9.17, 15) is 4.79 Å². The summed E-state index contributed by atoms with van der Waals surface area (Å²) in [5.41, 5.74) is 2.82. The molecule has 0 radical (unpaired) electrons. The SMILES string of the molecule is CC(C)NC1CCN(C(=O)c2cc3ccccc3n2Cc2ccccc2Cl)CC1. The van der Waals surface area contributed by atoms with Gasteiger partial charge in [0.05, 0.1) is 0 Å². The van der Waals surface area contributed by atoms with Crippen LogP contribution in [0.25, 0.3) is 10.9 Å². The summed E-state index contributed by atoms with van der Waals surface area (Å²) in [6.07, 6.45) is 1.99. The highest BCUT2D eigenvalue weighted by atomic mass is 35.5. The molecule has 2 heterocycles. The molecule has 4 nitrogen and oxygen atoms in total. The minimum Gasteiger partial charge on any atom is -0.337 e. The molecule has 0 saturated carbocycles. The van der Waals surface area contributed by atoms with Crippen molar-refractivity contribution in [3.05, 3.63) is 70.9 Å². The van der Waals surface area contributed by atoms with Gasteiger partial charge in [0.2, 0.25) is 0 Å². The third-order valence-electron chi connectivity index (χ3n) is 5.67. The van der Waals surface area contributed by atoms with E-state index in [0.29, 0.717) is 18.6 Å². The topological polar surface area (TPSA) is 37.3 Å². The van der Waals surface area contributed by atoms with Crippen LogP contribution in [0.4, 0.5) is 0 Å². The highest BCUT2D eigenvalue weighted by Crippen LogP contribution is 2.26. The molecule has 4 rings (SSSR count). The van der Waals surface area contributed by atoms with Gasteiger partial charge in [0, 0.05) is 47.6 Å². The first-order valence-electron chi connectivity index (χ1n) is 10.4. The van der Waals surface area contributed by atoms with Gasteiger partial charge in [0.15, 0.2) is 0 Å². The number of nitrogens with zero attached hydrogens (tertiary/aromatic N) is 2. The van der Waals surface area contributed by atoms with Crippen LogP contribution in [0, 0.1) is 0 Å². The van der Waals surface area contributed by atoms with Crippen LogP contribution in [0.5, 0.6) is 0 Å². The molecular formula is C24H28ClN3O. The van der Waals surface area contributed by atoms with Gasteiger partial charge in [0.1, 0.15) is 5.69 Å². The van der Waals surface area contributed by atoms with E-state index in [1.54, 1.807) is 0 Å². The number of rotatable bonds is 5. The van der Waals surface area contributed by atoms with E-state index in [0.717, 1.165) is 53.1 Å². The predicted molar refractivity (Wildman–Crippen MR) is 120 cm³/mol. The van der Waals surface area contributed by atoms with Gasteiger partial charge in [-0.15, -0.1) is 0 Å². The van der Waals surface area contributed by atoms with Crippen molar-refractivity contribution in [2.45, 2.75) is 45.3 Å². The molecule has 1 aromatic heterocycles. The van der Waals surface area contributed by atoms with E-state index >= 15 is 0 Å². The third kappa shape index (κ3) is 4.34. The Kier molecular flexibility index (Phi) is 5.93. The van der Waals surface area contributed by atoms with Crippen molar-refractivity contribution in [1.29, 1.82) is 0 Å². The molecule has 1 aliphatic heterocycles. The first kappa shape index (κ1) is 20.0. The number of benzene rings is 2. The molecule has 0 unspecified atom stereocenters. The molecule has 5 heteroatoms. The van der Waals surface area contributed by atoms with Gasteiger partial charge >= 0.3 is 0 Å².